The molecule has 3 rings (SSSR count). The molecule has 0 aliphatic carbocycles. The van der Waals surface area contributed by atoms with Gasteiger partial charge in [0.1, 0.15) is 18.7 Å². The summed E-state index contributed by atoms with van der Waals surface area (Å²) < 4.78 is 1.96. The van der Waals surface area contributed by atoms with E-state index in [1.165, 1.54) is 0 Å². The Kier molecular flexibility index (Phi) is 4.25. The molecule has 0 atom stereocenters. The third-order valence-electron chi connectivity index (χ3n) is 3.51. The fraction of sp³-hybridized carbons (Fsp3) is 0.250. The first kappa shape index (κ1) is 14.0. The molecule has 1 N–H and O–H groups in total. The Morgan fingerprint density at radius 3 is 2.77 bits per heavy atom. The quantitative estimate of drug-likeness (QED) is 0.706. The number of aromatic nitrogens is 4. The first-order valence-corrected chi connectivity index (χ1v) is 7.22. The fourth-order valence-corrected chi connectivity index (χ4v) is 2.39. The van der Waals surface area contributed by atoms with Crippen LogP contribution in [0.4, 0.5) is 5.69 Å². The van der Waals surface area contributed by atoms with Gasteiger partial charge in [0.15, 0.2) is 0 Å². The Labute approximate surface area is 128 Å². The van der Waals surface area contributed by atoms with Crippen molar-refractivity contribution in [3.8, 4) is 6.07 Å². The van der Waals surface area contributed by atoms with E-state index in [0.717, 1.165) is 42.5 Å². The van der Waals surface area contributed by atoms with Crippen LogP contribution in [-0.4, -0.2) is 26.3 Å². The molecule has 0 spiro atoms. The Balaban J connectivity index is 1.64. The minimum absolute atomic E-state index is 0.581. The Hall–Kier alpha value is -2.94. The van der Waals surface area contributed by atoms with Crippen molar-refractivity contribution < 1.29 is 0 Å². The van der Waals surface area contributed by atoms with Crippen molar-refractivity contribution in [1.82, 2.24) is 19.7 Å². The lowest BCUT2D eigenvalue weighted by Crippen LogP contribution is -2.06. The number of fused-ring (bicyclic) bond motifs is 1. The number of aryl methyl sites for hydroxylation is 1. The highest BCUT2D eigenvalue weighted by Gasteiger charge is 2.07. The second-order valence-electron chi connectivity index (χ2n) is 5.01. The molecule has 0 bridgehead atoms. The number of nitrogens with zero attached hydrogens (tertiary/aromatic N) is 5. The van der Waals surface area contributed by atoms with Crippen molar-refractivity contribution in [1.29, 1.82) is 5.26 Å². The number of benzene rings is 1. The molecule has 110 valence electrons. The predicted molar refractivity (Wildman–Crippen MR) is 84.2 cm³/mol. The lowest BCUT2D eigenvalue weighted by atomic mass is 10.1. The highest BCUT2D eigenvalue weighted by atomic mass is 15.2. The van der Waals surface area contributed by atoms with E-state index < -0.39 is 0 Å². The van der Waals surface area contributed by atoms with E-state index in [0.29, 0.717) is 5.56 Å². The lowest BCUT2D eigenvalue weighted by molar-refractivity contribution is 0.619. The molecular formula is C16H16N6. The molecule has 3 aromatic rings. The van der Waals surface area contributed by atoms with Crippen molar-refractivity contribution in [2.24, 2.45) is 0 Å². The van der Waals surface area contributed by atoms with Gasteiger partial charge in [-0.15, -0.1) is 10.2 Å². The Morgan fingerprint density at radius 2 is 1.95 bits per heavy atom. The Bertz CT molecular complexity index is 788. The van der Waals surface area contributed by atoms with Crippen molar-refractivity contribution in [2.75, 3.05) is 11.9 Å². The largest absolute Gasteiger partial charge is 0.383 e. The van der Waals surface area contributed by atoms with Gasteiger partial charge in [0.25, 0.3) is 0 Å². The summed E-state index contributed by atoms with van der Waals surface area (Å²) in [5.41, 5.74) is 2.35. The molecule has 22 heavy (non-hydrogen) atoms. The van der Waals surface area contributed by atoms with Crippen LogP contribution in [0, 0.1) is 11.3 Å². The summed E-state index contributed by atoms with van der Waals surface area (Å²) in [6.45, 7) is 1.71. The van der Waals surface area contributed by atoms with Gasteiger partial charge in [0.05, 0.1) is 16.8 Å². The van der Waals surface area contributed by atoms with Gasteiger partial charge in [-0.2, -0.15) is 5.26 Å². The van der Waals surface area contributed by atoms with Crippen LogP contribution in [0.1, 0.15) is 18.4 Å². The topological polar surface area (TPSA) is 79.4 Å². The molecule has 0 saturated heterocycles. The van der Waals surface area contributed by atoms with Gasteiger partial charge >= 0.3 is 0 Å². The van der Waals surface area contributed by atoms with Gasteiger partial charge in [0, 0.05) is 24.7 Å². The van der Waals surface area contributed by atoms with Gasteiger partial charge in [-0.3, -0.25) is 4.98 Å². The maximum atomic E-state index is 9.26. The number of hydrogen-bond donors (Lipinski definition) is 1. The molecule has 6 nitrogen and oxygen atoms in total. The second kappa shape index (κ2) is 6.68. The van der Waals surface area contributed by atoms with Crippen molar-refractivity contribution >= 4 is 16.6 Å². The van der Waals surface area contributed by atoms with Crippen LogP contribution in [0.25, 0.3) is 10.9 Å². The SMILES string of the molecule is N#Cc1cnc2ccccc2c1NCCCCn1cnnc1. The lowest BCUT2D eigenvalue weighted by Gasteiger charge is -2.11. The summed E-state index contributed by atoms with van der Waals surface area (Å²) in [7, 11) is 0. The maximum absolute atomic E-state index is 9.26. The summed E-state index contributed by atoms with van der Waals surface area (Å²) in [5.74, 6) is 0. The minimum Gasteiger partial charge on any atom is -0.383 e. The standard InChI is InChI=1S/C16H16N6/c17-9-13-10-19-15-6-2-1-5-14(15)16(13)18-7-3-4-8-22-11-20-21-12-22/h1-2,5-6,10-12H,3-4,7-8H2,(H,18,19). The number of rotatable bonds is 6. The number of para-hydroxylation sites is 1. The number of nitriles is 1. The van der Waals surface area contributed by atoms with Crippen LogP contribution in [0.3, 0.4) is 0 Å². The molecule has 2 heterocycles. The van der Waals surface area contributed by atoms with Crippen LogP contribution in [0.2, 0.25) is 0 Å². The van der Waals surface area contributed by atoms with E-state index in [4.69, 9.17) is 0 Å². The average molecular weight is 292 g/mol. The normalized spacial score (nSPS) is 10.5. The van der Waals surface area contributed by atoms with E-state index in [1.807, 2.05) is 28.8 Å². The van der Waals surface area contributed by atoms with Crippen LogP contribution in [0.5, 0.6) is 0 Å². The summed E-state index contributed by atoms with van der Waals surface area (Å²) in [6, 6.07) is 10.1. The number of hydrogen-bond acceptors (Lipinski definition) is 5. The van der Waals surface area contributed by atoms with Crippen LogP contribution in [-0.2, 0) is 6.54 Å². The molecule has 0 unspecified atom stereocenters. The summed E-state index contributed by atoms with van der Waals surface area (Å²) in [4.78, 5) is 4.31. The third kappa shape index (κ3) is 3.04. The van der Waals surface area contributed by atoms with E-state index in [2.05, 4.69) is 26.6 Å². The zero-order valence-electron chi connectivity index (χ0n) is 12.1. The predicted octanol–water partition coefficient (Wildman–Crippen LogP) is 2.59. The zero-order chi connectivity index (χ0) is 15.2. The molecule has 0 aliphatic rings. The third-order valence-corrected chi connectivity index (χ3v) is 3.51. The average Bonchev–Trinajstić information content (AvgIpc) is 3.08. The minimum atomic E-state index is 0.581. The molecular weight excluding hydrogens is 276 g/mol. The van der Waals surface area contributed by atoms with Gasteiger partial charge in [-0.1, -0.05) is 18.2 Å². The van der Waals surface area contributed by atoms with Crippen molar-refractivity contribution in [3.63, 3.8) is 0 Å². The molecule has 0 amide bonds. The van der Waals surface area contributed by atoms with E-state index in [9.17, 15) is 5.26 Å². The van der Waals surface area contributed by atoms with Gasteiger partial charge in [0.2, 0.25) is 0 Å². The summed E-state index contributed by atoms with van der Waals surface area (Å²) >= 11 is 0. The summed E-state index contributed by atoms with van der Waals surface area (Å²) in [6.07, 6.45) is 7.09. The van der Waals surface area contributed by atoms with E-state index in [-0.39, 0.29) is 0 Å². The number of pyridine rings is 1. The number of unbranched alkanes of at least 4 members (excludes halogenated alkanes) is 1. The van der Waals surface area contributed by atoms with Gasteiger partial charge in [-0.25, -0.2) is 0 Å². The van der Waals surface area contributed by atoms with E-state index in [1.54, 1.807) is 18.9 Å². The molecule has 1 aromatic carbocycles. The monoisotopic (exact) mass is 292 g/mol. The van der Waals surface area contributed by atoms with Gasteiger partial charge in [-0.05, 0) is 18.9 Å². The molecule has 0 fully saturated rings. The molecule has 0 saturated carbocycles. The molecule has 0 radical (unpaired) electrons. The van der Waals surface area contributed by atoms with E-state index >= 15 is 0 Å². The highest BCUT2D eigenvalue weighted by molar-refractivity contribution is 5.93. The fourth-order valence-electron chi connectivity index (χ4n) is 2.39. The molecule has 0 aliphatic heterocycles. The smallest absolute Gasteiger partial charge is 0.119 e. The van der Waals surface area contributed by atoms with Crippen LogP contribution < -0.4 is 5.32 Å². The highest BCUT2D eigenvalue weighted by Crippen LogP contribution is 2.25. The second-order valence-corrected chi connectivity index (χ2v) is 5.01. The molecule has 2 aromatic heterocycles. The first-order valence-electron chi connectivity index (χ1n) is 7.22. The van der Waals surface area contributed by atoms with Crippen LogP contribution >= 0.6 is 0 Å². The number of nitrogens with one attached hydrogen (secondary N) is 1. The van der Waals surface area contributed by atoms with Crippen molar-refractivity contribution in [3.05, 3.63) is 48.7 Å². The summed E-state index contributed by atoms with van der Waals surface area (Å²) in [5, 5.41) is 21.2. The maximum Gasteiger partial charge on any atom is 0.119 e. The van der Waals surface area contributed by atoms with Gasteiger partial charge < -0.3 is 9.88 Å². The Morgan fingerprint density at radius 1 is 1.14 bits per heavy atom. The number of anilines is 1. The van der Waals surface area contributed by atoms with Crippen molar-refractivity contribution in [2.45, 2.75) is 19.4 Å². The van der Waals surface area contributed by atoms with Crippen LogP contribution in [0.15, 0.2) is 43.1 Å². The zero-order valence-corrected chi connectivity index (χ0v) is 12.1. The first-order chi connectivity index (χ1) is 10.9. The molecule has 6 heteroatoms.